The SMILES string of the molecule is CC(O)c1nc2ccc(NC(=O)c3cccc4cccnc34)cc2[nH]1. The number of carbonyl (C=O) groups is 1. The molecule has 6 nitrogen and oxygen atoms in total. The quantitative estimate of drug-likeness (QED) is 0.536. The highest BCUT2D eigenvalue weighted by molar-refractivity contribution is 6.12. The van der Waals surface area contributed by atoms with Crippen LogP contribution in [0.3, 0.4) is 0 Å². The molecule has 0 bridgehead atoms. The minimum absolute atomic E-state index is 0.223. The Labute approximate surface area is 143 Å². The zero-order chi connectivity index (χ0) is 17.4. The number of rotatable bonds is 3. The second-order valence-corrected chi connectivity index (χ2v) is 5.86. The molecular weight excluding hydrogens is 316 g/mol. The van der Waals surface area contributed by atoms with Crippen molar-refractivity contribution in [1.82, 2.24) is 15.0 Å². The summed E-state index contributed by atoms with van der Waals surface area (Å²) in [5.41, 5.74) is 3.32. The third kappa shape index (κ3) is 2.83. The van der Waals surface area contributed by atoms with Gasteiger partial charge in [0.2, 0.25) is 0 Å². The molecule has 0 aliphatic carbocycles. The van der Waals surface area contributed by atoms with Gasteiger partial charge in [-0.05, 0) is 37.3 Å². The highest BCUT2D eigenvalue weighted by Crippen LogP contribution is 2.22. The summed E-state index contributed by atoms with van der Waals surface area (Å²) < 4.78 is 0. The van der Waals surface area contributed by atoms with E-state index in [2.05, 4.69) is 20.3 Å². The van der Waals surface area contributed by atoms with Crippen molar-refractivity contribution in [3.05, 3.63) is 66.1 Å². The minimum Gasteiger partial charge on any atom is -0.385 e. The number of amides is 1. The van der Waals surface area contributed by atoms with Crippen LogP contribution in [0.15, 0.2) is 54.7 Å². The average molecular weight is 332 g/mol. The summed E-state index contributed by atoms with van der Waals surface area (Å²) in [5, 5.41) is 13.4. The predicted octanol–water partition coefficient (Wildman–Crippen LogP) is 3.42. The first-order valence-electron chi connectivity index (χ1n) is 7.94. The predicted molar refractivity (Wildman–Crippen MR) is 96.4 cm³/mol. The Morgan fingerprint density at radius 1 is 1.20 bits per heavy atom. The van der Waals surface area contributed by atoms with Crippen LogP contribution >= 0.6 is 0 Å². The molecule has 2 heterocycles. The lowest BCUT2D eigenvalue weighted by molar-refractivity contribution is 0.102. The number of aromatic amines is 1. The van der Waals surface area contributed by atoms with Gasteiger partial charge in [-0.15, -0.1) is 0 Å². The Kier molecular flexibility index (Phi) is 3.66. The van der Waals surface area contributed by atoms with Crippen LogP contribution < -0.4 is 5.32 Å². The Morgan fingerprint density at radius 2 is 2.04 bits per heavy atom. The van der Waals surface area contributed by atoms with Gasteiger partial charge in [0.05, 0.1) is 22.1 Å². The molecule has 25 heavy (non-hydrogen) atoms. The lowest BCUT2D eigenvalue weighted by atomic mass is 10.1. The molecule has 2 aromatic heterocycles. The van der Waals surface area contributed by atoms with Crippen molar-refractivity contribution in [3.63, 3.8) is 0 Å². The van der Waals surface area contributed by atoms with Crippen LogP contribution in [0.1, 0.15) is 29.2 Å². The van der Waals surface area contributed by atoms with Crippen LogP contribution in [-0.2, 0) is 0 Å². The number of hydrogen-bond acceptors (Lipinski definition) is 4. The third-order valence-electron chi connectivity index (χ3n) is 4.03. The number of aromatic nitrogens is 3. The molecule has 6 heteroatoms. The van der Waals surface area contributed by atoms with E-state index < -0.39 is 6.10 Å². The first-order valence-corrected chi connectivity index (χ1v) is 7.94. The van der Waals surface area contributed by atoms with E-state index in [0.29, 0.717) is 22.6 Å². The summed E-state index contributed by atoms with van der Waals surface area (Å²) >= 11 is 0. The summed E-state index contributed by atoms with van der Waals surface area (Å²) in [6.07, 6.45) is 1.00. The van der Waals surface area contributed by atoms with Gasteiger partial charge in [-0.25, -0.2) is 4.98 Å². The highest BCUT2D eigenvalue weighted by atomic mass is 16.3. The number of aliphatic hydroxyl groups excluding tert-OH is 1. The fraction of sp³-hybridized carbons (Fsp3) is 0.105. The first kappa shape index (κ1) is 15.3. The number of anilines is 1. The van der Waals surface area contributed by atoms with Crippen LogP contribution in [0.4, 0.5) is 5.69 Å². The van der Waals surface area contributed by atoms with Gasteiger partial charge in [0.1, 0.15) is 11.9 Å². The zero-order valence-electron chi connectivity index (χ0n) is 13.5. The fourth-order valence-corrected chi connectivity index (χ4v) is 2.79. The molecule has 1 amide bonds. The molecule has 0 radical (unpaired) electrons. The Hall–Kier alpha value is -3.25. The van der Waals surface area contributed by atoms with Gasteiger partial charge < -0.3 is 15.4 Å². The molecule has 124 valence electrons. The van der Waals surface area contributed by atoms with E-state index in [0.717, 1.165) is 16.4 Å². The fourth-order valence-electron chi connectivity index (χ4n) is 2.79. The van der Waals surface area contributed by atoms with Crippen molar-refractivity contribution in [3.8, 4) is 0 Å². The molecule has 0 fully saturated rings. The van der Waals surface area contributed by atoms with Crippen molar-refractivity contribution >= 4 is 33.5 Å². The summed E-state index contributed by atoms with van der Waals surface area (Å²) in [4.78, 5) is 24.3. The number of benzene rings is 2. The summed E-state index contributed by atoms with van der Waals surface area (Å²) in [6.45, 7) is 1.65. The zero-order valence-corrected chi connectivity index (χ0v) is 13.5. The molecule has 1 unspecified atom stereocenters. The molecule has 2 aromatic carbocycles. The summed E-state index contributed by atoms with van der Waals surface area (Å²) in [7, 11) is 0. The number of carbonyl (C=O) groups excluding carboxylic acids is 1. The van der Waals surface area contributed by atoms with E-state index in [9.17, 15) is 9.90 Å². The van der Waals surface area contributed by atoms with E-state index in [1.165, 1.54) is 0 Å². The lowest BCUT2D eigenvalue weighted by Gasteiger charge is -2.07. The maximum Gasteiger partial charge on any atom is 0.257 e. The van der Waals surface area contributed by atoms with Crippen molar-refractivity contribution < 1.29 is 9.90 Å². The van der Waals surface area contributed by atoms with Crippen LogP contribution in [-0.4, -0.2) is 26.0 Å². The second-order valence-electron chi connectivity index (χ2n) is 5.86. The lowest BCUT2D eigenvalue weighted by Crippen LogP contribution is -2.12. The normalized spacial score (nSPS) is 12.4. The Bertz CT molecular complexity index is 1080. The molecule has 0 spiro atoms. The molecular formula is C19H16N4O2. The van der Waals surface area contributed by atoms with E-state index in [1.54, 1.807) is 37.4 Å². The molecule has 4 rings (SSSR count). The number of fused-ring (bicyclic) bond motifs is 2. The van der Waals surface area contributed by atoms with Gasteiger partial charge >= 0.3 is 0 Å². The number of para-hydroxylation sites is 1. The van der Waals surface area contributed by atoms with Crippen LogP contribution in [0.5, 0.6) is 0 Å². The van der Waals surface area contributed by atoms with E-state index >= 15 is 0 Å². The van der Waals surface area contributed by atoms with Crippen molar-refractivity contribution in [2.45, 2.75) is 13.0 Å². The second kappa shape index (κ2) is 5.99. The summed E-state index contributed by atoms with van der Waals surface area (Å²) in [5.74, 6) is 0.274. The molecule has 4 aromatic rings. The largest absolute Gasteiger partial charge is 0.385 e. The van der Waals surface area contributed by atoms with Crippen LogP contribution in [0.25, 0.3) is 21.9 Å². The van der Waals surface area contributed by atoms with Gasteiger partial charge in [-0.3, -0.25) is 9.78 Å². The van der Waals surface area contributed by atoms with E-state index in [1.807, 2.05) is 24.3 Å². The number of pyridine rings is 1. The molecule has 0 aliphatic heterocycles. The maximum atomic E-state index is 12.7. The number of aliphatic hydroxyl groups is 1. The monoisotopic (exact) mass is 332 g/mol. The van der Waals surface area contributed by atoms with E-state index in [4.69, 9.17) is 0 Å². The Morgan fingerprint density at radius 3 is 2.88 bits per heavy atom. The van der Waals surface area contributed by atoms with E-state index in [-0.39, 0.29) is 5.91 Å². The Balaban J connectivity index is 1.67. The molecule has 1 atom stereocenters. The maximum absolute atomic E-state index is 12.7. The van der Waals surface area contributed by atoms with Crippen molar-refractivity contribution in [2.24, 2.45) is 0 Å². The molecule has 0 saturated carbocycles. The standard InChI is InChI=1S/C19H16N4O2/c1-11(24)18-22-15-8-7-13(10-16(15)23-18)21-19(25)14-6-2-4-12-5-3-9-20-17(12)14/h2-11,24H,1H3,(H,21,25)(H,22,23). The van der Waals surface area contributed by atoms with Crippen molar-refractivity contribution in [1.29, 1.82) is 0 Å². The topological polar surface area (TPSA) is 90.9 Å². The number of imidazole rings is 1. The third-order valence-corrected chi connectivity index (χ3v) is 4.03. The first-order chi connectivity index (χ1) is 12.1. The number of hydrogen-bond donors (Lipinski definition) is 3. The molecule has 0 saturated heterocycles. The van der Waals surface area contributed by atoms with Crippen LogP contribution in [0.2, 0.25) is 0 Å². The highest BCUT2D eigenvalue weighted by Gasteiger charge is 2.12. The smallest absolute Gasteiger partial charge is 0.257 e. The average Bonchev–Trinajstić information content (AvgIpc) is 3.05. The molecule has 3 N–H and O–H groups in total. The summed E-state index contributed by atoms with van der Waals surface area (Å²) in [6, 6.07) is 14.7. The molecule has 0 aliphatic rings. The number of nitrogens with one attached hydrogen (secondary N) is 2. The van der Waals surface area contributed by atoms with Crippen LogP contribution in [0, 0.1) is 0 Å². The number of H-pyrrole nitrogens is 1. The number of nitrogens with zero attached hydrogens (tertiary/aromatic N) is 2. The van der Waals surface area contributed by atoms with Gasteiger partial charge in [0.25, 0.3) is 5.91 Å². The van der Waals surface area contributed by atoms with Gasteiger partial charge in [0.15, 0.2) is 0 Å². The minimum atomic E-state index is -0.674. The van der Waals surface area contributed by atoms with Gasteiger partial charge in [0, 0.05) is 17.3 Å². The van der Waals surface area contributed by atoms with Crippen molar-refractivity contribution in [2.75, 3.05) is 5.32 Å². The van der Waals surface area contributed by atoms with Gasteiger partial charge in [-0.1, -0.05) is 18.2 Å². The van der Waals surface area contributed by atoms with Gasteiger partial charge in [-0.2, -0.15) is 0 Å².